The minimum Gasteiger partial charge on any atom is -0.496 e. The molecule has 0 radical (unpaired) electrons. The molecule has 1 N–H and O–H groups in total. The molecule has 4 nitrogen and oxygen atoms in total. The van der Waals surface area contributed by atoms with Gasteiger partial charge in [-0.05, 0) is 46.3 Å². The largest absolute Gasteiger partial charge is 0.496 e. The standard InChI is InChI=1S/C15H11BrClN3OS/c1-21-13-4-2-9(6-11(13)16)12-8-22-15(20-12)19-10-3-5-14(17)18-7-10/h2-8H,1H3,(H,19,20). The SMILES string of the molecule is COc1ccc(-c2csc(Nc3ccc(Cl)nc3)n2)cc1Br. The average Bonchev–Trinajstić information content (AvgIpc) is 2.98. The van der Waals surface area contributed by atoms with Crippen molar-refractivity contribution in [2.75, 3.05) is 12.4 Å². The van der Waals surface area contributed by atoms with Gasteiger partial charge in [-0.3, -0.25) is 0 Å². The number of rotatable bonds is 4. The molecule has 3 aromatic rings. The highest BCUT2D eigenvalue weighted by Crippen LogP contribution is 2.32. The van der Waals surface area contributed by atoms with E-state index in [0.717, 1.165) is 32.3 Å². The van der Waals surface area contributed by atoms with Crippen LogP contribution in [0, 0.1) is 0 Å². The number of anilines is 2. The number of aromatic nitrogens is 2. The van der Waals surface area contributed by atoms with Crippen LogP contribution in [0.3, 0.4) is 0 Å². The third-order valence-corrected chi connectivity index (χ3v) is 4.53. The molecule has 7 heteroatoms. The van der Waals surface area contributed by atoms with Gasteiger partial charge in [0.2, 0.25) is 0 Å². The number of hydrogen-bond donors (Lipinski definition) is 1. The Morgan fingerprint density at radius 2 is 2.14 bits per heavy atom. The Morgan fingerprint density at radius 3 is 2.82 bits per heavy atom. The van der Waals surface area contributed by atoms with E-state index in [0.29, 0.717) is 5.15 Å². The first-order valence-corrected chi connectivity index (χ1v) is 8.39. The number of thiazole rings is 1. The van der Waals surface area contributed by atoms with Crippen LogP contribution < -0.4 is 10.1 Å². The van der Waals surface area contributed by atoms with Crippen molar-refractivity contribution in [1.29, 1.82) is 0 Å². The Kier molecular flexibility index (Phi) is 4.61. The van der Waals surface area contributed by atoms with Gasteiger partial charge in [0.15, 0.2) is 5.13 Å². The maximum Gasteiger partial charge on any atom is 0.187 e. The Bertz CT molecular complexity index is 792. The third kappa shape index (κ3) is 3.40. The van der Waals surface area contributed by atoms with Crippen molar-refractivity contribution in [3.05, 3.63) is 51.5 Å². The molecule has 0 bridgehead atoms. The van der Waals surface area contributed by atoms with Crippen molar-refractivity contribution in [1.82, 2.24) is 9.97 Å². The van der Waals surface area contributed by atoms with E-state index in [2.05, 4.69) is 31.2 Å². The van der Waals surface area contributed by atoms with E-state index >= 15 is 0 Å². The summed E-state index contributed by atoms with van der Waals surface area (Å²) in [4.78, 5) is 8.61. The van der Waals surface area contributed by atoms with E-state index in [9.17, 15) is 0 Å². The molecule has 0 fully saturated rings. The van der Waals surface area contributed by atoms with Gasteiger partial charge in [-0.25, -0.2) is 9.97 Å². The molecule has 2 heterocycles. The number of methoxy groups -OCH3 is 1. The van der Waals surface area contributed by atoms with Crippen LogP contribution >= 0.6 is 38.9 Å². The predicted octanol–water partition coefficient (Wildman–Crippen LogP) is 5.37. The van der Waals surface area contributed by atoms with Crippen LogP contribution in [0.25, 0.3) is 11.3 Å². The van der Waals surface area contributed by atoms with Crippen molar-refractivity contribution in [2.24, 2.45) is 0 Å². The molecule has 112 valence electrons. The van der Waals surface area contributed by atoms with E-state index in [1.807, 2.05) is 29.6 Å². The second-order valence-corrected chi connectivity index (χ2v) is 6.48. The normalized spacial score (nSPS) is 10.5. The fraction of sp³-hybridized carbons (Fsp3) is 0.0667. The molecule has 0 atom stereocenters. The van der Waals surface area contributed by atoms with Gasteiger partial charge in [0, 0.05) is 10.9 Å². The summed E-state index contributed by atoms with van der Waals surface area (Å²) < 4.78 is 6.13. The van der Waals surface area contributed by atoms with Gasteiger partial charge < -0.3 is 10.1 Å². The maximum absolute atomic E-state index is 5.77. The van der Waals surface area contributed by atoms with Gasteiger partial charge >= 0.3 is 0 Å². The second kappa shape index (κ2) is 6.64. The Balaban J connectivity index is 1.81. The number of pyridine rings is 1. The van der Waals surface area contributed by atoms with Crippen LogP contribution in [0.4, 0.5) is 10.8 Å². The first-order chi connectivity index (χ1) is 10.7. The highest BCUT2D eigenvalue weighted by Gasteiger charge is 2.08. The van der Waals surface area contributed by atoms with Crippen molar-refractivity contribution in [3.63, 3.8) is 0 Å². The fourth-order valence-corrected chi connectivity index (χ4v) is 3.26. The predicted molar refractivity (Wildman–Crippen MR) is 94.3 cm³/mol. The minimum atomic E-state index is 0.466. The van der Waals surface area contributed by atoms with Crippen LogP contribution in [0.15, 0.2) is 46.4 Å². The second-order valence-electron chi connectivity index (χ2n) is 4.38. The van der Waals surface area contributed by atoms with E-state index in [1.54, 1.807) is 19.4 Å². The van der Waals surface area contributed by atoms with Crippen molar-refractivity contribution < 1.29 is 4.74 Å². The highest BCUT2D eigenvalue weighted by atomic mass is 79.9. The van der Waals surface area contributed by atoms with E-state index in [1.165, 1.54) is 11.3 Å². The average molecular weight is 397 g/mol. The van der Waals surface area contributed by atoms with Crippen LogP contribution in [-0.4, -0.2) is 17.1 Å². The lowest BCUT2D eigenvalue weighted by molar-refractivity contribution is 0.412. The molecule has 2 aromatic heterocycles. The molecule has 1 aromatic carbocycles. The molecule has 22 heavy (non-hydrogen) atoms. The van der Waals surface area contributed by atoms with Crippen LogP contribution in [-0.2, 0) is 0 Å². The molecule has 3 rings (SSSR count). The van der Waals surface area contributed by atoms with Gasteiger partial charge in [0.05, 0.1) is 29.2 Å². The molecule has 0 aliphatic rings. The third-order valence-electron chi connectivity index (χ3n) is 2.93. The summed E-state index contributed by atoms with van der Waals surface area (Å²) in [5.41, 5.74) is 2.77. The lowest BCUT2D eigenvalue weighted by Gasteiger charge is -2.04. The molecule has 0 saturated heterocycles. The Labute approximate surface area is 145 Å². The fourth-order valence-electron chi connectivity index (χ4n) is 1.86. The van der Waals surface area contributed by atoms with Crippen molar-refractivity contribution in [3.8, 4) is 17.0 Å². The zero-order valence-corrected chi connectivity index (χ0v) is 14.7. The van der Waals surface area contributed by atoms with Gasteiger partial charge in [0.25, 0.3) is 0 Å². The lowest BCUT2D eigenvalue weighted by Crippen LogP contribution is -1.90. The summed E-state index contributed by atoms with van der Waals surface area (Å²) in [7, 11) is 1.64. The van der Waals surface area contributed by atoms with E-state index < -0.39 is 0 Å². The smallest absolute Gasteiger partial charge is 0.187 e. The summed E-state index contributed by atoms with van der Waals surface area (Å²) in [6.07, 6.45) is 1.67. The first-order valence-electron chi connectivity index (χ1n) is 6.34. The number of hydrogen-bond acceptors (Lipinski definition) is 5. The summed E-state index contributed by atoms with van der Waals surface area (Å²) in [5.74, 6) is 0.796. The monoisotopic (exact) mass is 395 g/mol. The first kappa shape index (κ1) is 15.3. The Hall–Kier alpha value is -1.63. The Morgan fingerprint density at radius 1 is 1.27 bits per heavy atom. The van der Waals surface area contributed by atoms with Crippen molar-refractivity contribution >= 4 is 49.7 Å². The molecule has 0 aliphatic heterocycles. The molecule has 0 unspecified atom stereocenters. The quantitative estimate of drug-likeness (QED) is 0.602. The summed E-state index contributed by atoms with van der Waals surface area (Å²) in [6.45, 7) is 0. The minimum absolute atomic E-state index is 0.466. The van der Waals surface area contributed by atoms with Crippen LogP contribution in [0.2, 0.25) is 5.15 Å². The van der Waals surface area contributed by atoms with Crippen LogP contribution in [0.5, 0.6) is 5.75 Å². The number of benzene rings is 1. The van der Waals surface area contributed by atoms with E-state index in [4.69, 9.17) is 16.3 Å². The molecule has 0 amide bonds. The maximum atomic E-state index is 5.77. The number of halogens is 2. The topological polar surface area (TPSA) is 47.0 Å². The number of nitrogens with zero attached hydrogens (tertiary/aromatic N) is 2. The van der Waals surface area contributed by atoms with Gasteiger partial charge in [-0.1, -0.05) is 11.6 Å². The van der Waals surface area contributed by atoms with Gasteiger partial charge in [0.1, 0.15) is 10.9 Å². The number of ether oxygens (including phenoxy) is 1. The zero-order valence-electron chi connectivity index (χ0n) is 11.5. The van der Waals surface area contributed by atoms with Gasteiger partial charge in [-0.2, -0.15) is 0 Å². The summed E-state index contributed by atoms with van der Waals surface area (Å²) in [5, 5.41) is 6.47. The van der Waals surface area contributed by atoms with Gasteiger partial charge in [-0.15, -0.1) is 11.3 Å². The molecule has 0 aliphatic carbocycles. The number of nitrogens with one attached hydrogen (secondary N) is 1. The highest BCUT2D eigenvalue weighted by molar-refractivity contribution is 9.10. The summed E-state index contributed by atoms with van der Waals surface area (Å²) in [6, 6.07) is 9.47. The molecular formula is C15H11BrClN3OS. The molecule has 0 spiro atoms. The molecular weight excluding hydrogens is 386 g/mol. The lowest BCUT2D eigenvalue weighted by atomic mass is 10.2. The summed E-state index contributed by atoms with van der Waals surface area (Å²) >= 11 is 10.8. The van der Waals surface area contributed by atoms with E-state index in [-0.39, 0.29) is 0 Å². The zero-order chi connectivity index (χ0) is 15.5. The molecule has 0 saturated carbocycles. The van der Waals surface area contributed by atoms with Crippen molar-refractivity contribution in [2.45, 2.75) is 0 Å². The van der Waals surface area contributed by atoms with Crippen LogP contribution in [0.1, 0.15) is 0 Å².